The molecule has 4 heteroatoms. The minimum Gasteiger partial charge on any atom is -0.491 e. The van der Waals surface area contributed by atoms with Gasteiger partial charge in [0.25, 0.3) is 0 Å². The van der Waals surface area contributed by atoms with E-state index < -0.39 is 0 Å². The van der Waals surface area contributed by atoms with E-state index in [-0.39, 0.29) is 0 Å². The lowest BCUT2D eigenvalue weighted by Crippen LogP contribution is -2.00. The second-order valence-electron chi connectivity index (χ2n) is 4.69. The summed E-state index contributed by atoms with van der Waals surface area (Å²) in [5.41, 5.74) is 9.76. The smallest absolute Gasteiger partial charge is 0.144 e. The fourth-order valence-electron chi connectivity index (χ4n) is 1.84. The van der Waals surface area contributed by atoms with Gasteiger partial charge in [0, 0.05) is 21.9 Å². The first-order valence-corrected chi connectivity index (χ1v) is 7.45. The number of halogens is 1. The summed E-state index contributed by atoms with van der Waals surface area (Å²) in [5, 5.41) is 3.36. The molecule has 2 aromatic carbocycles. The molecule has 0 aromatic heterocycles. The first kappa shape index (κ1) is 14.7. The molecule has 0 heterocycles. The number of nitrogens with one attached hydrogen (secondary N) is 1. The number of nitrogen functional groups attached to an aromatic ring is 1. The number of benzene rings is 2. The van der Waals surface area contributed by atoms with E-state index in [1.807, 2.05) is 30.3 Å². The maximum Gasteiger partial charge on any atom is 0.144 e. The van der Waals surface area contributed by atoms with E-state index in [9.17, 15) is 0 Å². The Morgan fingerprint density at radius 3 is 2.55 bits per heavy atom. The lowest BCUT2D eigenvalue weighted by molar-refractivity contribution is 0.319. The molecule has 0 spiro atoms. The van der Waals surface area contributed by atoms with Crippen LogP contribution in [0.1, 0.15) is 18.9 Å². The first-order chi connectivity index (χ1) is 9.60. The van der Waals surface area contributed by atoms with Crippen LogP contribution < -0.4 is 15.8 Å². The van der Waals surface area contributed by atoms with Gasteiger partial charge < -0.3 is 15.8 Å². The zero-order valence-electron chi connectivity index (χ0n) is 11.7. The summed E-state index contributed by atoms with van der Waals surface area (Å²) >= 11 is 3.50. The van der Waals surface area contributed by atoms with Crippen LogP contribution in [0.2, 0.25) is 0 Å². The number of hydrogen-bond acceptors (Lipinski definition) is 3. The molecule has 2 aromatic rings. The molecule has 0 atom stereocenters. The minimum atomic E-state index is 0.663. The van der Waals surface area contributed by atoms with Crippen LogP contribution in [0, 0.1) is 6.92 Å². The highest BCUT2D eigenvalue weighted by Crippen LogP contribution is 2.28. The Balaban J connectivity index is 2.18. The van der Waals surface area contributed by atoms with Gasteiger partial charge in [-0.1, -0.05) is 22.9 Å². The molecule has 0 saturated heterocycles. The highest BCUT2D eigenvalue weighted by Gasteiger charge is 2.03. The zero-order valence-corrected chi connectivity index (χ0v) is 13.3. The van der Waals surface area contributed by atoms with Crippen LogP contribution in [0.15, 0.2) is 40.9 Å². The molecule has 3 nitrogen and oxygen atoms in total. The number of aryl methyl sites for hydroxylation is 1. The lowest BCUT2D eigenvalue weighted by atomic mass is 10.2. The minimum absolute atomic E-state index is 0.663. The normalized spacial score (nSPS) is 10.3. The predicted molar refractivity (Wildman–Crippen MR) is 88.8 cm³/mol. The summed E-state index contributed by atoms with van der Waals surface area (Å²) in [7, 11) is 0. The van der Waals surface area contributed by atoms with Gasteiger partial charge in [0.1, 0.15) is 5.75 Å². The number of nitrogens with two attached hydrogens (primary N) is 1. The van der Waals surface area contributed by atoms with Gasteiger partial charge in [-0.3, -0.25) is 0 Å². The highest BCUT2D eigenvalue weighted by molar-refractivity contribution is 9.10. The van der Waals surface area contributed by atoms with E-state index in [1.54, 1.807) is 0 Å². The number of hydrogen-bond donors (Lipinski definition) is 2. The molecule has 0 radical (unpaired) electrons. The van der Waals surface area contributed by atoms with Crippen molar-refractivity contribution in [3.8, 4) is 5.75 Å². The molecular formula is C16H19BrN2O. The summed E-state index contributed by atoms with van der Waals surface area (Å²) in [6.07, 6.45) is 0.961. The molecule has 0 fully saturated rings. The standard InChI is InChI=1S/C16H19BrN2O/c1-3-8-20-16-10-13(5-7-15(16)18)19-12-4-6-14(17)11(2)9-12/h4-7,9-10,19H,3,8,18H2,1-2H3. The maximum absolute atomic E-state index is 5.91. The molecule has 0 amide bonds. The van der Waals surface area contributed by atoms with Crippen molar-refractivity contribution in [1.82, 2.24) is 0 Å². The summed E-state index contributed by atoms with van der Waals surface area (Å²) < 4.78 is 6.74. The molecule has 0 bridgehead atoms. The molecule has 0 aliphatic heterocycles. The molecule has 0 unspecified atom stereocenters. The van der Waals surface area contributed by atoms with Crippen molar-refractivity contribution in [1.29, 1.82) is 0 Å². The van der Waals surface area contributed by atoms with Crippen LogP contribution in [0.25, 0.3) is 0 Å². The van der Waals surface area contributed by atoms with Gasteiger partial charge >= 0.3 is 0 Å². The van der Waals surface area contributed by atoms with Crippen molar-refractivity contribution < 1.29 is 4.74 Å². The third-order valence-corrected chi connectivity index (χ3v) is 3.81. The van der Waals surface area contributed by atoms with Gasteiger partial charge in [-0.15, -0.1) is 0 Å². The monoisotopic (exact) mass is 334 g/mol. The Morgan fingerprint density at radius 1 is 1.15 bits per heavy atom. The largest absolute Gasteiger partial charge is 0.491 e. The van der Waals surface area contributed by atoms with Crippen LogP contribution in [0.5, 0.6) is 5.75 Å². The summed E-state index contributed by atoms with van der Waals surface area (Å²) in [6.45, 7) is 4.81. The Morgan fingerprint density at radius 2 is 1.85 bits per heavy atom. The Bertz CT molecular complexity index is 599. The molecule has 0 aliphatic carbocycles. The molecule has 20 heavy (non-hydrogen) atoms. The van der Waals surface area contributed by atoms with Gasteiger partial charge in [0.2, 0.25) is 0 Å². The van der Waals surface area contributed by atoms with Crippen LogP contribution in [-0.4, -0.2) is 6.61 Å². The Hall–Kier alpha value is -1.68. The van der Waals surface area contributed by atoms with Crippen LogP contribution in [-0.2, 0) is 0 Å². The lowest BCUT2D eigenvalue weighted by Gasteiger charge is -2.12. The van der Waals surface area contributed by atoms with Gasteiger partial charge in [-0.2, -0.15) is 0 Å². The fraction of sp³-hybridized carbons (Fsp3) is 0.250. The molecule has 106 valence electrons. The molecule has 3 N–H and O–H groups in total. The summed E-state index contributed by atoms with van der Waals surface area (Å²) in [4.78, 5) is 0. The van der Waals surface area contributed by atoms with Crippen molar-refractivity contribution in [2.45, 2.75) is 20.3 Å². The maximum atomic E-state index is 5.91. The van der Waals surface area contributed by atoms with Crippen molar-refractivity contribution in [3.63, 3.8) is 0 Å². The van der Waals surface area contributed by atoms with Crippen molar-refractivity contribution in [3.05, 3.63) is 46.4 Å². The fourth-order valence-corrected chi connectivity index (χ4v) is 2.08. The summed E-state index contributed by atoms with van der Waals surface area (Å²) in [5.74, 6) is 0.727. The van der Waals surface area contributed by atoms with Crippen molar-refractivity contribution in [2.24, 2.45) is 0 Å². The first-order valence-electron chi connectivity index (χ1n) is 6.65. The van der Waals surface area contributed by atoms with Gasteiger partial charge in [0.05, 0.1) is 12.3 Å². The average Bonchev–Trinajstić information content (AvgIpc) is 2.43. The molecular weight excluding hydrogens is 316 g/mol. The average molecular weight is 335 g/mol. The highest BCUT2D eigenvalue weighted by atomic mass is 79.9. The van der Waals surface area contributed by atoms with Crippen LogP contribution >= 0.6 is 15.9 Å². The molecule has 0 aliphatic rings. The van der Waals surface area contributed by atoms with Gasteiger partial charge in [0.15, 0.2) is 0 Å². The SMILES string of the molecule is CCCOc1cc(Nc2ccc(Br)c(C)c2)ccc1N. The third kappa shape index (κ3) is 3.67. The van der Waals surface area contributed by atoms with E-state index in [0.717, 1.165) is 28.0 Å². The second-order valence-corrected chi connectivity index (χ2v) is 5.54. The van der Waals surface area contributed by atoms with Gasteiger partial charge in [-0.25, -0.2) is 0 Å². The topological polar surface area (TPSA) is 47.3 Å². The Kier molecular flexibility index (Phi) is 4.90. The van der Waals surface area contributed by atoms with E-state index in [4.69, 9.17) is 10.5 Å². The van der Waals surface area contributed by atoms with Crippen molar-refractivity contribution >= 4 is 33.0 Å². The van der Waals surface area contributed by atoms with Crippen LogP contribution in [0.4, 0.5) is 17.1 Å². The van der Waals surface area contributed by atoms with Crippen LogP contribution in [0.3, 0.4) is 0 Å². The molecule has 0 saturated carbocycles. The number of rotatable bonds is 5. The Labute approximate surface area is 128 Å². The van der Waals surface area contributed by atoms with Crippen molar-refractivity contribution in [2.75, 3.05) is 17.7 Å². The third-order valence-electron chi connectivity index (χ3n) is 2.92. The second kappa shape index (κ2) is 6.66. The van der Waals surface area contributed by atoms with E-state index in [0.29, 0.717) is 12.3 Å². The van der Waals surface area contributed by atoms with E-state index in [2.05, 4.69) is 41.2 Å². The predicted octanol–water partition coefficient (Wildman–Crippen LogP) is 4.87. The zero-order chi connectivity index (χ0) is 14.5. The summed E-state index contributed by atoms with van der Waals surface area (Å²) in [6, 6.07) is 11.9. The van der Waals surface area contributed by atoms with E-state index >= 15 is 0 Å². The number of ether oxygens (including phenoxy) is 1. The molecule has 2 rings (SSSR count). The van der Waals surface area contributed by atoms with E-state index in [1.165, 1.54) is 5.56 Å². The quantitative estimate of drug-likeness (QED) is 0.766. The van der Waals surface area contributed by atoms with Gasteiger partial charge in [-0.05, 0) is 49.2 Å². The number of anilines is 3.